The van der Waals surface area contributed by atoms with Crippen LogP contribution in [0.2, 0.25) is 0 Å². The molecule has 9 heteroatoms. The van der Waals surface area contributed by atoms with Gasteiger partial charge in [0.05, 0.1) is 11.0 Å². The molecule has 6 rings (SSSR count). The largest absolute Gasteiger partial charge is 0.356 e. The van der Waals surface area contributed by atoms with Gasteiger partial charge in [-0.2, -0.15) is 5.10 Å². The van der Waals surface area contributed by atoms with E-state index < -0.39 is 0 Å². The van der Waals surface area contributed by atoms with E-state index in [-0.39, 0.29) is 23.9 Å². The first-order valence-electron chi connectivity index (χ1n) is 14.4. The molecule has 0 radical (unpaired) electrons. The van der Waals surface area contributed by atoms with Crippen LogP contribution >= 0.6 is 0 Å². The second kappa shape index (κ2) is 10.7. The fourth-order valence-electron chi connectivity index (χ4n) is 6.48. The van der Waals surface area contributed by atoms with Crippen molar-refractivity contribution < 1.29 is 4.74 Å². The van der Waals surface area contributed by atoms with E-state index in [9.17, 15) is 4.79 Å². The van der Waals surface area contributed by atoms with Gasteiger partial charge in [-0.15, -0.1) is 0 Å². The SMILES string of the molecule is CC[C@H]1CN(C(C)c2ccc3nccnc3c2)[C@H](CC)CN1c1c2c(ccc(=O)n2C)nn1C1CCCCO1. The van der Waals surface area contributed by atoms with Crippen LogP contribution in [0.4, 0.5) is 5.82 Å². The number of aromatic nitrogens is 5. The number of piperazine rings is 1. The molecule has 0 aliphatic carbocycles. The molecule has 2 saturated heterocycles. The summed E-state index contributed by atoms with van der Waals surface area (Å²) < 4.78 is 10.1. The van der Waals surface area contributed by atoms with E-state index in [1.165, 1.54) is 5.56 Å². The Bertz CT molecular complexity index is 1520. The minimum Gasteiger partial charge on any atom is -0.356 e. The fraction of sp³-hybridized carbons (Fsp3) is 0.533. The molecule has 9 nitrogen and oxygen atoms in total. The third-order valence-electron chi connectivity index (χ3n) is 8.79. The van der Waals surface area contributed by atoms with Crippen molar-refractivity contribution in [2.24, 2.45) is 7.05 Å². The minimum absolute atomic E-state index is 0.0142. The number of nitrogens with zero attached hydrogens (tertiary/aromatic N) is 7. The monoisotopic (exact) mass is 529 g/mol. The minimum atomic E-state index is -0.107. The van der Waals surface area contributed by atoms with Crippen LogP contribution in [0.1, 0.15) is 70.7 Å². The lowest BCUT2D eigenvalue weighted by Gasteiger charge is -2.49. The van der Waals surface area contributed by atoms with Crippen molar-refractivity contribution in [3.8, 4) is 0 Å². The summed E-state index contributed by atoms with van der Waals surface area (Å²) in [4.78, 5) is 26.9. The predicted molar refractivity (Wildman–Crippen MR) is 154 cm³/mol. The Morgan fingerprint density at radius 1 is 0.974 bits per heavy atom. The summed E-state index contributed by atoms with van der Waals surface area (Å²) in [7, 11) is 1.86. The van der Waals surface area contributed by atoms with E-state index in [1.807, 2.05) is 13.1 Å². The molecular formula is C30H39N7O2. The van der Waals surface area contributed by atoms with Crippen molar-refractivity contribution in [2.45, 2.75) is 77.2 Å². The lowest BCUT2D eigenvalue weighted by atomic mass is 9.96. The summed E-state index contributed by atoms with van der Waals surface area (Å²) in [5, 5.41) is 5.03. The van der Waals surface area contributed by atoms with Crippen LogP contribution in [0.25, 0.3) is 22.1 Å². The smallest absolute Gasteiger partial charge is 0.250 e. The van der Waals surface area contributed by atoms with E-state index in [4.69, 9.17) is 9.84 Å². The summed E-state index contributed by atoms with van der Waals surface area (Å²) in [6.45, 7) is 9.38. The van der Waals surface area contributed by atoms with Gasteiger partial charge in [0.2, 0.25) is 0 Å². The Balaban J connectivity index is 1.39. The summed E-state index contributed by atoms with van der Waals surface area (Å²) >= 11 is 0. The summed E-state index contributed by atoms with van der Waals surface area (Å²) in [5.74, 6) is 1.02. The molecule has 5 heterocycles. The predicted octanol–water partition coefficient (Wildman–Crippen LogP) is 4.82. The van der Waals surface area contributed by atoms with E-state index in [2.05, 4.69) is 63.4 Å². The normalized spacial score (nSPS) is 23.5. The molecule has 0 amide bonds. The number of ether oxygens (including phenoxy) is 1. The molecule has 0 saturated carbocycles. The number of hydrogen-bond acceptors (Lipinski definition) is 7. The first-order valence-corrected chi connectivity index (χ1v) is 14.4. The highest BCUT2D eigenvalue weighted by molar-refractivity contribution is 5.87. The fourth-order valence-corrected chi connectivity index (χ4v) is 6.48. The van der Waals surface area contributed by atoms with Crippen LogP contribution in [0.5, 0.6) is 0 Å². The number of benzene rings is 1. The van der Waals surface area contributed by atoms with Crippen molar-refractivity contribution in [3.05, 3.63) is 58.6 Å². The van der Waals surface area contributed by atoms with Crippen LogP contribution in [0.15, 0.2) is 47.5 Å². The van der Waals surface area contributed by atoms with Crippen molar-refractivity contribution in [1.29, 1.82) is 0 Å². The van der Waals surface area contributed by atoms with Crippen LogP contribution in [-0.4, -0.2) is 61.0 Å². The molecular weight excluding hydrogens is 490 g/mol. The topological polar surface area (TPSA) is 81.3 Å². The van der Waals surface area contributed by atoms with E-state index in [1.54, 1.807) is 23.0 Å². The van der Waals surface area contributed by atoms with Gasteiger partial charge in [-0.1, -0.05) is 19.9 Å². The van der Waals surface area contributed by atoms with Gasteiger partial charge in [-0.25, -0.2) is 4.68 Å². The summed E-state index contributed by atoms with van der Waals surface area (Å²) in [5.41, 5.74) is 4.85. The number of aryl methyl sites for hydroxylation is 1. The van der Waals surface area contributed by atoms with Crippen molar-refractivity contribution in [1.82, 2.24) is 29.2 Å². The average molecular weight is 530 g/mol. The summed E-state index contributed by atoms with van der Waals surface area (Å²) in [6.07, 6.45) is 8.54. The second-order valence-electron chi connectivity index (χ2n) is 11.0. The zero-order valence-corrected chi connectivity index (χ0v) is 23.5. The van der Waals surface area contributed by atoms with E-state index in [0.29, 0.717) is 6.04 Å². The van der Waals surface area contributed by atoms with Crippen LogP contribution < -0.4 is 10.5 Å². The standard InChI is InChI=1S/C30H39N7O2/c1-5-22-19-36(23(6-2)18-35(22)20(3)21-10-11-24-26(17-21)32-15-14-31-24)30-29-25(12-13-27(38)34(29)4)33-37(30)28-9-7-8-16-39-28/h10-15,17,20,22-23,28H,5-9,16,18-19H2,1-4H3/t20?,22-,23+,28?/m1/s1. The molecule has 4 aromatic rings. The van der Waals surface area contributed by atoms with Crippen LogP contribution in [0, 0.1) is 0 Å². The zero-order valence-electron chi connectivity index (χ0n) is 23.5. The molecule has 2 fully saturated rings. The van der Waals surface area contributed by atoms with Crippen molar-refractivity contribution in [2.75, 3.05) is 24.6 Å². The Kier molecular flexibility index (Phi) is 7.12. The highest BCUT2D eigenvalue weighted by atomic mass is 16.5. The van der Waals surface area contributed by atoms with Crippen LogP contribution in [-0.2, 0) is 11.8 Å². The van der Waals surface area contributed by atoms with Gasteiger partial charge in [0.25, 0.3) is 5.56 Å². The lowest BCUT2D eigenvalue weighted by Crippen LogP contribution is -2.59. The Morgan fingerprint density at radius 3 is 2.49 bits per heavy atom. The van der Waals surface area contributed by atoms with Gasteiger partial charge in [-0.05, 0) is 62.8 Å². The van der Waals surface area contributed by atoms with E-state index in [0.717, 1.165) is 79.7 Å². The van der Waals surface area contributed by atoms with Crippen molar-refractivity contribution >= 4 is 27.9 Å². The third kappa shape index (κ3) is 4.61. The molecule has 206 valence electrons. The van der Waals surface area contributed by atoms with Crippen molar-refractivity contribution in [3.63, 3.8) is 0 Å². The summed E-state index contributed by atoms with van der Waals surface area (Å²) in [6, 6.07) is 10.8. The first kappa shape index (κ1) is 26.0. The van der Waals surface area contributed by atoms with Gasteiger partial charge >= 0.3 is 0 Å². The number of fused-ring (bicyclic) bond motifs is 2. The molecule has 2 unspecified atom stereocenters. The van der Waals surface area contributed by atoms with Gasteiger partial charge in [-0.3, -0.25) is 19.7 Å². The highest BCUT2D eigenvalue weighted by Crippen LogP contribution is 2.38. The molecule has 0 bridgehead atoms. The highest BCUT2D eigenvalue weighted by Gasteiger charge is 2.38. The maximum atomic E-state index is 12.8. The Labute approximate surface area is 229 Å². The van der Waals surface area contributed by atoms with Gasteiger partial charge in [0.15, 0.2) is 12.0 Å². The van der Waals surface area contributed by atoms with Crippen LogP contribution in [0.3, 0.4) is 0 Å². The number of rotatable bonds is 6. The molecule has 0 N–H and O–H groups in total. The van der Waals surface area contributed by atoms with E-state index >= 15 is 0 Å². The lowest BCUT2D eigenvalue weighted by molar-refractivity contribution is -0.0386. The Hall–Kier alpha value is -3.30. The molecule has 4 atom stereocenters. The average Bonchev–Trinajstić information content (AvgIpc) is 3.38. The van der Waals surface area contributed by atoms with Gasteiger partial charge in [0.1, 0.15) is 11.0 Å². The molecule has 2 aliphatic rings. The number of hydrogen-bond donors (Lipinski definition) is 0. The second-order valence-corrected chi connectivity index (χ2v) is 11.0. The number of pyridine rings is 1. The number of anilines is 1. The van der Waals surface area contributed by atoms with Gasteiger partial charge < -0.3 is 14.2 Å². The quantitative estimate of drug-likeness (QED) is 0.354. The third-order valence-corrected chi connectivity index (χ3v) is 8.79. The maximum absolute atomic E-state index is 12.8. The molecule has 39 heavy (non-hydrogen) atoms. The zero-order chi connectivity index (χ0) is 27.1. The Morgan fingerprint density at radius 2 is 1.74 bits per heavy atom. The molecule has 0 spiro atoms. The van der Waals surface area contributed by atoms with Gasteiger partial charge in [0, 0.05) is 63.3 Å². The molecule has 2 aliphatic heterocycles. The maximum Gasteiger partial charge on any atom is 0.250 e. The molecule has 3 aromatic heterocycles. The molecule has 1 aromatic carbocycles. The first-order chi connectivity index (χ1) is 19.0.